The minimum absolute atomic E-state index is 0.0420. The maximum Gasteiger partial charge on any atom is 0.256 e. The number of benzene rings is 4. The number of imidazole rings is 2. The monoisotopic (exact) mass is 720 g/mol. The summed E-state index contributed by atoms with van der Waals surface area (Å²) in [6.45, 7) is 1.34. The number of amides is 2. The first-order valence-electron chi connectivity index (χ1n) is 18.6. The van der Waals surface area contributed by atoms with Crippen LogP contribution in [0.4, 0.5) is 0 Å². The molecule has 0 saturated carbocycles. The Labute approximate surface area is 315 Å². The molecular weight excluding hydrogens is 677 g/mol. The lowest BCUT2D eigenvalue weighted by Gasteiger charge is -2.27. The third-order valence-corrected chi connectivity index (χ3v) is 10.7. The number of carbonyl (C=O) groups excluding carboxylic acids is 2. The van der Waals surface area contributed by atoms with E-state index in [1.54, 1.807) is 14.2 Å². The van der Waals surface area contributed by atoms with E-state index in [2.05, 4.69) is 58.5 Å². The molecule has 10 heteroatoms. The van der Waals surface area contributed by atoms with Crippen LogP contribution >= 0.6 is 0 Å². The number of nitrogens with one attached hydrogen (secondary N) is 2. The van der Waals surface area contributed by atoms with E-state index < -0.39 is 12.2 Å². The molecular formula is C44H44N6O4. The molecule has 8 rings (SSSR count). The largest absolute Gasteiger partial charge is 0.367 e. The van der Waals surface area contributed by atoms with Gasteiger partial charge in [0, 0.05) is 27.3 Å². The summed E-state index contributed by atoms with van der Waals surface area (Å²) in [5, 5.41) is 0. The Morgan fingerprint density at radius 1 is 0.574 bits per heavy atom. The van der Waals surface area contributed by atoms with Crippen LogP contribution in [0, 0.1) is 0 Å². The molecule has 2 N–H and O–H groups in total. The van der Waals surface area contributed by atoms with Gasteiger partial charge in [0.2, 0.25) is 0 Å². The van der Waals surface area contributed by atoms with Gasteiger partial charge in [0.05, 0.1) is 35.9 Å². The highest BCUT2D eigenvalue weighted by molar-refractivity contribution is 5.84. The minimum atomic E-state index is -0.644. The Balaban J connectivity index is 0.924. The quantitative estimate of drug-likeness (QED) is 0.139. The van der Waals surface area contributed by atoms with Gasteiger partial charge in [0.25, 0.3) is 11.8 Å². The van der Waals surface area contributed by atoms with E-state index in [0.717, 1.165) is 82.1 Å². The lowest BCUT2D eigenvalue weighted by molar-refractivity contribution is -0.144. The Morgan fingerprint density at radius 2 is 0.944 bits per heavy atom. The molecule has 4 aromatic carbocycles. The molecule has 4 atom stereocenters. The first-order valence-corrected chi connectivity index (χ1v) is 18.6. The van der Waals surface area contributed by atoms with Crippen LogP contribution in [0.15, 0.2) is 122 Å². The molecule has 2 saturated heterocycles. The molecule has 2 aliphatic heterocycles. The molecule has 54 heavy (non-hydrogen) atoms. The number of carbonyl (C=O) groups is 2. The van der Waals surface area contributed by atoms with Gasteiger partial charge in [-0.3, -0.25) is 9.59 Å². The van der Waals surface area contributed by atoms with Crippen LogP contribution in [0.25, 0.3) is 33.6 Å². The van der Waals surface area contributed by atoms with Gasteiger partial charge in [-0.25, -0.2) is 9.97 Å². The molecule has 2 aromatic heterocycles. The zero-order valence-electron chi connectivity index (χ0n) is 30.5. The third-order valence-electron chi connectivity index (χ3n) is 10.7. The number of methoxy groups -OCH3 is 2. The number of H-pyrrole nitrogens is 2. The second kappa shape index (κ2) is 15.6. The van der Waals surface area contributed by atoms with Gasteiger partial charge >= 0.3 is 0 Å². The standard InChI is InChI=1S/C44H44N6O4/c1-53-39(33-11-5-3-6-12-33)43(51)49-25-9-15-37(49)41-45-27-35(47-41)31-21-17-29(18-22-31)30-19-23-32(24-20-30)36-28-46-42(48-36)38-16-10-26-50(38)44(52)40(54-2)34-13-7-4-8-14-34/h3-8,11-14,17-24,27-28,37-40H,9-10,15-16,25-26H2,1-2H3,(H,45,47)(H,46,48)/t37-,38-,39+,40+/m0/s1. The van der Waals surface area contributed by atoms with E-state index in [1.807, 2.05) is 82.9 Å². The number of aromatic nitrogens is 4. The molecule has 0 spiro atoms. The summed E-state index contributed by atoms with van der Waals surface area (Å²) in [4.78, 5) is 47.5. The van der Waals surface area contributed by atoms with Crippen LogP contribution < -0.4 is 0 Å². The van der Waals surface area contributed by atoms with E-state index in [-0.39, 0.29) is 23.9 Å². The van der Waals surface area contributed by atoms with E-state index in [4.69, 9.17) is 19.4 Å². The molecule has 2 amide bonds. The fourth-order valence-electron chi connectivity index (χ4n) is 7.94. The summed E-state index contributed by atoms with van der Waals surface area (Å²) in [5.74, 6) is 1.50. The number of hydrogen-bond acceptors (Lipinski definition) is 6. The Morgan fingerprint density at radius 3 is 1.31 bits per heavy atom. The van der Waals surface area contributed by atoms with Gasteiger partial charge < -0.3 is 29.2 Å². The second-order valence-electron chi connectivity index (χ2n) is 14.0. The molecule has 4 heterocycles. The lowest BCUT2D eigenvalue weighted by Crippen LogP contribution is -2.35. The van der Waals surface area contributed by atoms with Crippen LogP contribution in [-0.4, -0.2) is 68.9 Å². The van der Waals surface area contributed by atoms with Crippen LogP contribution in [0.3, 0.4) is 0 Å². The number of nitrogens with zero attached hydrogens (tertiary/aromatic N) is 4. The zero-order chi connectivity index (χ0) is 37.0. The van der Waals surface area contributed by atoms with Crippen molar-refractivity contribution in [3.63, 3.8) is 0 Å². The first-order chi connectivity index (χ1) is 26.5. The van der Waals surface area contributed by atoms with Crippen molar-refractivity contribution in [2.75, 3.05) is 27.3 Å². The van der Waals surface area contributed by atoms with Crippen molar-refractivity contribution in [2.24, 2.45) is 0 Å². The average molecular weight is 721 g/mol. The summed E-state index contributed by atoms with van der Waals surface area (Å²) in [7, 11) is 3.17. The van der Waals surface area contributed by atoms with Crippen molar-refractivity contribution in [1.82, 2.24) is 29.7 Å². The average Bonchev–Trinajstić information content (AvgIpc) is 4.07. The summed E-state index contributed by atoms with van der Waals surface area (Å²) in [6, 6.07) is 35.8. The van der Waals surface area contributed by atoms with Crippen molar-refractivity contribution in [3.05, 3.63) is 144 Å². The van der Waals surface area contributed by atoms with Gasteiger partial charge in [-0.05, 0) is 59.1 Å². The Kier molecular flexibility index (Phi) is 10.2. The van der Waals surface area contributed by atoms with Gasteiger partial charge in [0.1, 0.15) is 11.6 Å². The summed E-state index contributed by atoms with van der Waals surface area (Å²) >= 11 is 0. The van der Waals surface area contributed by atoms with Gasteiger partial charge in [0.15, 0.2) is 12.2 Å². The van der Waals surface area contributed by atoms with Gasteiger partial charge in [-0.2, -0.15) is 0 Å². The predicted molar refractivity (Wildman–Crippen MR) is 207 cm³/mol. The summed E-state index contributed by atoms with van der Waals surface area (Å²) in [6.07, 6.45) is 5.94. The maximum atomic E-state index is 13.6. The van der Waals surface area contributed by atoms with Crippen molar-refractivity contribution < 1.29 is 19.1 Å². The van der Waals surface area contributed by atoms with E-state index in [9.17, 15) is 9.59 Å². The molecule has 0 aliphatic carbocycles. The number of hydrogen-bond donors (Lipinski definition) is 2. The van der Waals surface area contributed by atoms with Crippen LogP contribution in [0.1, 0.15) is 72.8 Å². The van der Waals surface area contributed by atoms with E-state index >= 15 is 0 Å². The van der Waals surface area contributed by atoms with Gasteiger partial charge in [-0.1, -0.05) is 109 Å². The predicted octanol–water partition coefficient (Wildman–Crippen LogP) is 8.24. The molecule has 6 aromatic rings. The molecule has 0 radical (unpaired) electrons. The molecule has 0 unspecified atom stereocenters. The summed E-state index contributed by atoms with van der Waals surface area (Å²) < 4.78 is 11.3. The third kappa shape index (κ3) is 6.98. The highest BCUT2D eigenvalue weighted by Crippen LogP contribution is 2.37. The SMILES string of the molecule is CO[C@@H](C(=O)N1CCC[C@H]1c1ncc(-c2ccc(-c3ccc(-c4cnc([C@@H]5CCCN5C(=O)[C@H](OC)c5ccccc5)[nH]4)cc3)cc2)[nH]1)c1ccccc1. The van der Waals surface area contributed by atoms with Crippen molar-refractivity contribution in [1.29, 1.82) is 0 Å². The highest BCUT2D eigenvalue weighted by atomic mass is 16.5. The molecule has 0 bridgehead atoms. The lowest BCUT2D eigenvalue weighted by atomic mass is 10.0. The second-order valence-corrected chi connectivity index (χ2v) is 14.0. The number of rotatable bonds is 11. The molecule has 2 fully saturated rings. The van der Waals surface area contributed by atoms with E-state index in [0.29, 0.717) is 13.1 Å². The van der Waals surface area contributed by atoms with Crippen molar-refractivity contribution >= 4 is 11.8 Å². The fourth-order valence-corrected chi connectivity index (χ4v) is 7.94. The van der Waals surface area contributed by atoms with Crippen LogP contribution in [0.2, 0.25) is 0 Å². The summed E-state index contributed by atoms with van der Waals surface area (Å²) in [5.41, 5.74) is 7.76. The first kappa shape index (κ1) is 35.2. The van der Waals surface area contributed by atoms with Crippen molar-refractivity contribution in [2.45, 2.75) is 50.0 Å². The van der Waals surface area contributed by atoms with Gasteiger partial charge in [-0.15, -0.1) is 0 Å². The molecule has 2 aliphatic rings. The number of aromatic amines is 2. The molecule has 10 nitrogen and oxygen atoms in total. The normalized spacial score (nSPS) is 18.2. The molecule has 274 valence electrons. The number of likely N-dealkylation sites (tertiary alicyclic amines) is 2. The highest BCUT2D eigenvalue weighted by Gasteiger charge is 2.37. The topological polar surface area (TPSA) is 116 Å². The Bertz CT molecular complexity index is 2020. The maximum absolute atomic E-state index is 13.6. The van der Waals surface area contributed by atoms with Crippen LogP contribution in [-0.2, 0) is 19.1 Å². The smallest absolute Gasteiger partial charge is 0.256 e. The minimum Gasteiger partial charge on any atom is -0.367 e. The van der Waals surface area contributed by atoms with E-state index in [1.165, 1.54) is 0 Å². The Hall–Kier alpha value is -5.84. The number of ether oxygens (including phenoxy) is 2. The zero-order valence-corrected chi connectivity index (χ0v) is 30.5. The van der Waals surface area contributed by atoms with Crippen molar-refractivity contribution in [3.8, 4) is 33.6 Å². The fraction of sp³-hybridized carbons (Fsp3) is 0.273. The van der Waals surface area contributed by atoms with Crippen LogP contribution in [0.5, 0.6) is 0 Å².